The summed E-state index contributed by atoms with van der Waals surface area (Å²) in [5, 5.41) is 0. The molecule has 0 heterocycles. The molecule has 0 spiro atoms. The highest BCUT2D eigenvalue weighted by atomic mass is 16.5. The highest BCUT2D eigenvalue weighted by Gasteiger charge is 2.19. The Labute approximate surface area is 98.6 Å². The third-order valence-electron chi connectivity index (χ3n) is 2.95. The van der Waals surface area contributed by atoms with Crippen LogP contribution >= 0.6 is 0 Å². The number of hydrogen-bond acceptors (Lipinski definition) is 2. The predicted molar refractivity (Wildman–Crippen MR) is 66.6 cm³/mol. The van der Waals surface area contributed by atoms with Crippen LogP contribution in [0.1, 0.15) is 18.9 Å². The van der Waals surface area contributed by atoms with Crippen LogP contribution in [0, 0.1) is 5.92 Å². The van der Waals surface area contributed by atoms with Gasteiger partial charge in [0.25, 0.3) is 0 Å². The van der Waals surface area contributed by atoms with E-state index < -0.39 is 0 Å². The van der Waals surface area contributed by atoms with E-state index in [1.54, 1.807) is 14.2 Å². The molecular weight excluding hydrogens is 200 g/mol. The van der Waals surface area contributed by atoms with Gasteiger partial charge in [-0.1, -0.05) is 37.3 Å². The summed E-state index contributed by atoms with van der Waals surface area (Å²) in [7, 11) is 3.53. The highest BCUT2D eigenvalue weighted by molar-refractivity contribution is 5.15. The molecule has 1 aromatic rings. The maximum Gasteiger partial charge on any atom is 0.0622 e. The first kappa shape index (κ1) is 13.2. The summed E-state index contributed by atoms with van der Waals surface area (Å²) < 4.78 is 10.8. The van der Waals surface area contributed by atoms with Crippen LogP contribution in [-0.2, 0) is 15.9 Å². The Morgan fingerprint density at radius 1 is 1.12 bits per heavy atom. The van der Waals surface area contributed by atoms with Crippen LogP contribution in [0.3, 0.4) is 0 Å². The van der Waals surface area contributed by atoms with Crippen molar-refractivity contribution in [3.05, 3.63) is 35.9 Å². The fraction of sp³-hybridized carbons (Fsp3) is 0.571. The van der Waals surface area contributed by atoms with Gasteiger partial charge in [0.1, 0.15) is 0 Å². The summed E-state index contributed by atoms with van der Waals surface area (Å²) in [5.74, 6) is 0.433. The van der Waals surface area contributed by atoms with Gasteiger partial charge in [-0.15, -0.1) is 0 Å². The van der Waals surface area contributed by atoms with E-state index in [0.717, 1.165) is 19.4 Å². The quantitative estimate of drug-likeness (QED) is 0.706. The summed E-state index contributed by atoms with van der Waals surface area (Å²) in [6.07, 6.45) is 2.32. The van der Waals surface area contributed by atoms with Gasteiger partial charge in [0.2, 0.25) is 0 Å². The molecule has 0 saturated heterocycles. The molecule has 2 atom stereocenters. The minimum absolute atomic E-state index is 0.278. The van der Waals surface area contributed by atoms with Crippen LogP contribution in [0.25, 0.3) is 0 Å². The molecule has 0 aliphatic rings. The zero-order valence-electron chi connectivity index (χ0n) is 10.5. The molecule has 0 aliphatic heterocycles. The summed E-state index contributed by atoms with van der Waals surface area (Å²) in [5.41, 5.74) is 1.35. The standard InChI is InChI=1S/C14H22O2/c1-4-14(16-3)13(11-15-2)10-12-8-6-5-7-9-12/h5-9,13-14H,4,10-11H2,1-3H3. The van der Waals surface area contributed by atoms with E-state index in [9.17, 15) is 0 Å². The molecule has 0 aromatic heterocycles. The average Bonchev–Trinajstić information content (AvgIpc) is 2.32. The zero-order valence-corrected chi connectivity index (χ0v) is 10.5. The van der Waals surface area contributed by atoms with E-state index in [4.69, 9.17) is 9.47 Å². The summed E-state index contributed by atoms with van der Waals surface area (Å²) >= 11 is 0. The largest absolute Gasteiger partial charge is 0.384 e. The lowest BCUT2D eigenvalue weighted by molar-refractivity contribution is 0.0125. The smallest absolute Gasteiger partial charge is 0.0622 e. The van der Waals surface area contributed by atoms with Crippen LogP contribution in [0.2, 0.25) is 0 Å². The van der Waals surface area contributed by atoms with Gasteiger partial charge in [0.05, 0.1) is 12.7 Å². The molecule has 1 aromatic carbocycles. The fourth-order valence-corrected chi connectivity index (χ4v) is 2.12. The second-order valence-electron chi connectivity index (χ2n) is 4.09. The molecule has 0 aliphatic carbocycles. The van der Waals surface area contributed by atoms with Gasteiger partial charge in [-0.25, -0.2) is 0 Å². The van der Waals surface area contributed by atoms with Crippen molar-refractivity contribution < 1.29 is 9.47 Å². The van der Waals surface area contributed by atoms with Crippen LogP contribution in [-0.4, -0.2) is 26.9 Å². The Morgan fingerprint density at radius 3 is 2.31 bits per heavy atom. The summed E-state index contributed by atoms with van der Waals surface area (Å²) in [4.78, 5) is 0. The van der Waals surface area contributed by atoms with Crippen LogP contribution in [0.5, 0.6) is 0 Å². The van der Waals surface area contributed by atoms with Crippen molar-refractivity contribution in [1.29, 1.82) is 0 Å². The molecule has 2 nitrogen and oxygen atoms in total. The van der Waals surface area contributed by atoms with Crippen LogP contribution in [0.4, 0.5) is 0 Å². The van der Waals surface area contributed by atoms with Gasteiger partial charge in [0.15, 0.2) is 0 Å². The van der Waals surface area contributed by atoms with Gasteiger partial charge in [-0.05, 0) is 18.4 Å². The lowest BCUT2D eigenvalue weighted by Crippen LogP contribution is -2.28. The molecule has 16 heavy (non-hydrogen) atoms. The van der Waals surface area contributed by atoms with Crippen molar-refractivity contribution in [1.82, 2.24) is 0 Å². The van der Waals surface area contributed by atoms with Crippen molar-refractivity contribution in [2.45, 2.75) is 25.9 Å². The van der Waals surface area contributed by atoms with Gasteiger partial charge in [-0.3, -0.25) is 0 Å². The maximum absolute atomic E-state index is 5.51. The minimum Gasteiger partial charge on any atom is -0.384 e. The van der Waals surface area contributed by atoms with Crippen molar-refractivity contribution in [3.8, 4) is 0 Å². The zero-order chi connectivity index (χ0) is 11.8. The van der Waals surface area contributed by atoms with E-state index >= 15 is 0 Å². The summed E-state index contributed by atoms with van der Waals surface area (Å²) in [6.45, 7) is 2.91. The van der Waals surface area contributed by atoms with E-state index in [-0.39, 0.29) is 6.10 Å². The fourth-order valence-electron chi connectivity index (χ4n) is 2.12. The molecule has 0 amide bonds. The monoisotopic (exact) mass is 222 g/mol. The molecule has 2 unspecified atom stereocenters. The molecule has 90 valence electrons. The topological polar surface area (TPSA) is 18.5 Å². The Hall–Kier alpha value is -0.860. The Morgan fingerprint density at radius 2 is 1.81 bits per heavy atom. The third-order valence-corrected chi connectivity index (χ3v) is 2.95. The number of benzene rings is 1. The van der Waals surface area contributed by atoms with Crippen molar-refractivity contribution in [3.63, 3.8) is 0 Å². The Kier molecular flexibility index (Phi) is 6.12. The molecule has 0 radical (unpaired) electrons. The van der Waals surface area contributed by atoms with Gasteiger partial charge >= 0.3 is 0 Å². The van der Waals surface area contributed by atoms with Crippen molar-refractivity contribution in [2.75, 3.05) is 20.8 Å². The predicted octanol–water partition coefficient (Wildman–Crippen LogP) is 2.92. The molecule has 1 rings (SSSR count). The second kappa shape index (κ2) is 7.42. The number of rotatable bonds is 7. The van der Waals surface area contributed by atoms with E-state index in [1.165, 1.54) is 5.56 Å². The SMILES string of the molecule is CCC(OC)C(COC)Cc1ccccc1. The molecule has 2 heteroatoms. The van der Waals surface area contributed by atoms with E-state index in [1.807, 2.05) is 6.07 Å². The van der Waals surface area contributed by atoms with Crippen molar-refractivity contribution in [2.24, 2.45) is 5.92 Å². The summed E-state index contributed by atoms with van der Waals surface area (Å²) in [6, 6.07) is 10.5. The van der Waals surface area contributed by atoms with Gasteiger partial charge in [-0.2, -0.15) is 0 Å². The van der Waals surface area contributed by atoms with Crippen LogP contribution in [0.15, 0.2) is 30.3 Å². The normalized spacial score (nSPS) is 14.7. The molecule has 0 saturated carbocycles. The first-order valence-corrected chi connectivity index (χ1v) is 5.87. The lowest BCUT2D eigenvalue weighted by Gasteiger charge is -2.24. The van der Waals surface area contributed by atoms with E-state index in [2.05, 4.69) is 31.2 Å². The number of methoxy groups -OCH3 is 2. The second-order valence-corrected chi connectivity index (χ2v) is 4.09. The minimum atomic E-state index is 0.278. The molecular formula is C14H22O2. The average molecular weight is 222 g/mol. The number of hydrogen-bond donors (Lipinski definition) is 0. The Balaban J connectivity index is 2.63. The lowest BCUT2D eigenvalue weighted by atomic mass is 9.93. The van der Waals surface area contributed by atoms with Crippen LogP contribution < -0.4 is 0 Å². The van der Waals surface area contributed by atoms with Gasteiger partial charge < -0.3 is 9.47 Å². The Bertz CT molecular complexity index is 267. The van der Waals surface area contributed by atoms with Crippen molar-refractivity contribution >= 4 is 0 Å². The third kappa shape index (κ3) is 3.95. The first-order valence-electron chi connectivity index (χ1n) is 5.87. The number of ether oxygens (including phenoxy) is 2. The first-order chi connectivity index (χ1) is 7.81. The molecule has 0 N–H and O–H groups in total. The highest BCUT2D eigenvalue weighted by Crippen LogP contribution is 2.17. The van der Waals surface area contributed by atoms with E-state index in [0.29, 0.717) is 5.92 Å². The van der Waals surface area contributed by atoms with Gasteiger partial charge in [0, 0.05) is 20.1 Å². The maximum atomic E-state index is 5.51. The molecule has 0 fully saturated rings. The molecule has 0 bridgehead atoms.